The molecule has 0 saturated carbocycles. The van der Waals surface area contributed by atoms with Gasteiger partial charge in [0.05, 0.1) is 6.42 Å². The number of aryl methyl sites for hydroxylation is 2. The lowest BCUT2D eigenvalue weighted by atomic mass is 10.0. The first kappa shape index (κ1) is 17.8. The van der Waals surface area contributed by atoms with Gasteiger partial charge in [-0.15, -0.1) is 0 Å². The van der Waals surface area contributed by atoms with Crippen LogP contribution in [-0.2, 0) is 24.1 Å². The number of nitrogen functional groups attached to an aromatic ring is 1. The summed E-state index contributed by atoms with van der Waals surface area (Å²) < 4.78 is 0. The van der Waals surface area contributed by atoms with E-state index in [9.17, 15) is 4.79 Å². The van der Waals surface area contributed by atoms with Crippen molar-refractivity contribution in [3.8, 4) is 0 Å². The molecule has 4 nitrogen and oxygen atoms in total. The fourth-order valence-corrected chi connectivity index (χ4v) is 2.66. The van der Waals surface area contributed by atoms with Crippen LogP contribution in [0.3, 0.4) is 0 Å². The molecule has 2 aromatic rings. The molecule has 4 N–H and O–H groups in total. The molecule has 126 valence electrons. The highest BCUT2D eigenvalue weighted by Gasteiger charge is 2.02. The van der Waals surface area contributed by atoms with Crippen LogP contribution in [-0.4, -0.2) is 11.1 Å². The van der Waals surface area contributed by atoms with E-state index in [1.165, 1.54) is 11.1 Å². The minimum atomic E-state index is -0.398. The number of hydrogen-bond acceptors (Lipinski definition) is 3. The van der Waals surface area contributed by atoms with Gasteiger partial charge in [-0.05, 0) is 60.1 Å². The van der Waals surface area contributed by atoms with Gasteiger partial charge in [0.2, 0.25) is 5.91 Å². The van der Waals surface area contributed by atoms with E-state index in [0.717, 1.165) is 42.5 Å². The standard InChI is InChI=1S/C20H24N2O2/c1-2-18-13-16(11-12-19(18)21)6-4-3-5-15-7-9-17(10-8-15)14-20(23)22-24/h2,7-13,24H,1,3-6,14,21H2,(H,22,23). The fourth-order valence-electron chi connectivity index (χ4n) is 2.66. The number of carbonyl (C=O) groups excluding carboxylic acids is 1. The van der Waals surface area contributed by atoms with Crippen molar-refractivity contribution in [1.82, 2.24) is 5.48 Å². The summed E-state index contributed by atoms with van der Waals surface area (Å²) in [5.74, 6) is -0.398. The fraction of sp³-hybridized carbons (Fsp3) is 0.250. The van der Waals surface area contributed by atoms with Crippen molar-refractivity contribution in [2.45, 2.75) is 32.1 Å². The average Bonchev–Trinajstić information content (AvgIpc) is 2.61. The molecule has 0 aliphatic rings. The first-order valence-corrected chi connectivity index (χ1v) is 8.14. The predicted molar refractivity (Wildman–Crippen MR) is 97.7 cm³/mol. The highest BCUT2D eigenvalue weighted by atomic mass is 16.5. The van der Waals surface area contributed by atoms with Crippen LogP contribution in [0.15, 0.2) is 49.0 Å². The van der Waals surface area contributed by atoms with Crippen LogP contribution in [0, 0.1) is 0 Å². The number of hydrogen-bond donors (Lipinski definition) is 3. The summed E-state index contributed by atoms with van der Waals surface area (Å²) in [6.45, 7) is 3.78. The molecule has 0 spiro atoms. The molecule has 4 heteroatoms. The third-order valence-electron chi connectivity index (χ3n) is 4.06. The number of hydroxylamine groups is 1. The molecule has 0 aromatic heterocycles. The first-order valence-electron chi connectivity index (χ1n) is 8.14. The summed E-state index contributed by atoms with van der Waals surface area (Å²) in [7, 11) is 0. The van der Waals surface area contributed by atoms with E-state index in [1.54, 1.807) is 11.6 Å². The molecule has 1 amide bonds. The molecule has 0 bridgehead atoms. The number of unbranched alkanes of at least 4 members (excludes halogenated alkanes) is 1. The number of benzene rings is 2. The Kier molecular flexibility index (Phi) is 6.58. The van der Waals surface area contributed by atoms with Gasteiger partial charge in [-0.3, -0.25) is 10.0 Å². The highest BCUT2D eigenvalue weighted by molar-refractivity contribution is 5.77. The van der Waals surface area contributed by atoms with Crippen LogP contribution in [0.1, 0.15) is 35.1 Å². The summed E-state index contributed by atoms with van der Waals surface area (Å²) in [5, 5.41) is 8.52. The molecule has 0 aliphatic carbocycles. The zero-order chi connectivity index (χ0) is 17.4. The van der Waals surface area contributed by atoms with Crippen LogP contribution in [0.25, 0.3) is 6.08 Å². The van der Waals surface area contributed by atoms with Gasteiger partial charge in [-0.1, -0.05) is 43.0 Å². The molecular formula is C20H24N2O2. The van der Waals surface area contributed by atoms with Gasteiger partial charge < -0.3 is 5.73 Å². The maximum atomic E-state index is 11.1. The van der Waals surface area contributed by atoms with Gasteiger partial charge in [0.15, 0.2) is 0 Å². The van der Waals surface area contributed by atoms with E-state index in [-0.39, 0.29) is 6.42 Å². The van der Waals surface area contributed by atoms with Crippen LogP contribution in [0.4, 0.5) is 5.69 Å². The van der Waals surface area contributed by atoms with Crippen LogP contribution in [0.5, 0.6) is 0 Å². The van der Waals surface area contributed by atoms with Crippen molar-refractivity contribution in [1.29, 1.82) is 0 Å². The summed E-state index contributed by atoms with van der Waals surface area (Å²) in [6, 6.07) is 14.1. The summed E-state index contributed by atoms with van der Waals surface area (Å²) in [5.41, 5.74) is 12.7. The lowest BCUT2D eigenvalue weighted by Gasteiger charge is -2.06. The van der Waals surface area contributed by atoms with Crippen LogP contribution < -0.4 is 11.2 Å². The SMILES string of the molecule is C=Cc1cc(CCCCc2ccc(CC(=O)NO)cc2)ccc1N. The summed E-state index contributed by atoms with van der Waals surface area (Å²) in [6.07, 6.45) is 6.22. The van der Waals surface area contributed by atoms with Crippen molar-refractivity contribution in [2.24, 2.45) is 0 Å². The molecule has 24 heavy (non-hydrogen) atoms. The number of rotatable bonds is 8. The second-order valence-corrected chi connectivity index (χ2v) is 5.90. The molecule has 0 radical (unpaired) electrons. The normalized spacial score (nSPS) is 10.4. The smallest absolute Gasteiger partial charge is 0.247 e. The van der Waals surface area contributed by atoms with E-state index in [1.807, 2.05) is 30.3 Å². The highest BCUT2D eigenvalue weighted by Crippen LogP contribution is 2.17. The zero-order valence-corrected chi connectivity index (χ0v) is 13.8. The van der Waals surface area contributed by atoms with E-state index in [0.29, 0.717) is 0 Å². The largest absolute Gasteiger partial charge is 0.398 e. The van der Waals surface area contributed by atoms with Gasteiger partial charge in [-0.2, -0.15) is 0 Å². The Morgan fingerprint density at radius 3 is 2.25 bits per heavy atom. The van der Waals surface area contributed by atoms with Crippen molar-refractivity contribution in [3.05, 3.63) is 71.3 Å². The average molecular weight is 324 g/mol. The zero-order valence-electron chi connectivity index (χ0n) is 13.8. The number of anilines is 1. The van der Waals surface area contributed by atoms with Crippen molar-refractivity contribution >= 4 is 17.7 Å². The third-order valence-corrected chi connectivity index (χ3v) is 4.06. The van der Waals surface area contributed by atoms with Crippen LogP contribution in [0.2, 0.25) is 0 Å². The van der Waals surface area contributed by atoms with Crippen LogP contribution >= 0.6 is 0 Å². The number of carbonyl (C=O) groups is 1. The maximum absolute atomic E-state index is 11.1. The Morgan fingerprint density at radius 1 is 1.04 bits per heavy atom. The molecule has 0 aliphatic heterocycles. The monoisotopic (exact) mass is 324 g/mol. The van der Waals surface area contributed by atoms with E-state index >= 15 is 0 Å². The van der Waals surface area contributed by atoms with Gasteiger partial charge in [0, 0.05) is 5.69 Å². The summed E-state index contributed by atoms with van der Waals surface area (Å²) in [4.78, 5) is 11.1. The number of nitrogens with one attached hydrogen (secondary N) is 1. The quantitative estimate of drug-likeness (QED) is 0.301. The van der Waals surface area contributed by atoms with Gasteiger partial charge in [0.1, 0.15) is 0 Å². The Labute approximate surface area is 143 Å². The van der Waals surface area contributed by atoms with E-state index in [2.05, 4.69) is 18.7 Å². The second-order valence-electron chi connectivity index (χ2n) is 5.90. The number of amides is 1. The first-order chi connectivity index (χ1) is 11.6. The molecule has 0 atom stereocenters. The Hall–Kier alpha value is -2.59. The minimum absolute atomic E-state index is 0.194. The number of nitrogens with two attached hydrogens (primary N) is 1. The second kappa shape index (κ2) is 8.89. The lowest BCUT2D eigenvalue weighted by molar-refractivity contribution is -0.128. The Balaban J connectivity index is 1.78. The molecule has 2 rings (SSSR count). The summed E-state index contributed by atoms with van der Waals surface area (Å²) >= 11 is 0. The van der Waals surface area contributed by atoms with Gasteiger partial charge >= 0.3 is 0 Å². The van der Waals surface area contributed by atoms with Gasteiger partial charge in [0.25, 0.3) is 0 Å². The molecule has 0 unspecified atom stereocenters. The molecular weight excluding hydrogens is 300 g/mol. The van der Waals surface area contributed by atoms with Crippen molar-refractivity contribution in [3.63, 3.8) is 0 Å². The predicted octanol–water partition coefficient (Wildman–Crippen LogP) is 3.53. The molecule has 0 saturated heterocycles. The van der Waals surface area contributed by atoms with Gasteiger partial charge in [-0.25, -0.2) is 5.48 Å². The lowest BCUT2D eigenvalue weighted by Crippen LogP contribution is -2.20. The van der Waals surface area contributed by atoms with Crippen molar-refractivity contribution in [2.75, 3.05) is 5.73 Å². The maximum Gasteiger partial charge on any atom is 0.247 e. The molecule has 2 aromatic carbocycles. The topological polar surface area (TPSA) is 75.3 Å². The minimum Gasteiger partial charge on any atom is -0.398 e. The third kappa shape index (κ3) is 5.25. The Morgan fingerprint density at radius 2 is 1.62 bits per heavy atom. The van der Waals surface area contributed by atoms with Crippen molar-refractivity contribution < 1.29 is 10.0 Å². The molecule has 0 heterocycles. The van der Waals surface area contributed by atoms with E-state index < -0.39 is 5.91 Å². The van der Waals surface area contributed by atoms with E-state index in [4.69, 9.17) is 10.9 Å². The molecule has 0 fully saturated rings. The Bertz CT molecular complexity index is 693.